The molecule has 0 saturated heterocycles. The Labute approximate surface area is 154 Å². The summed E-state index contributed by atoms with van der Waals surface area (Å²) in [7, 11) is 1.48. The van der Waals surface area contributed by atoms with E-state index < -0.39 is 23.9 Å². The molecule has 0 saturated carbocycles. The van der Waals surface area contributed by atoms with Gasteiger partial charge in [-0.25, -0.2) is 4.79 Å². The number of hydrogen-bond donors (Lipinski definition) is 2. The Hall–Kier alpha value is -3.17. The van der Waals surface area contributed by atoms with E-state index in [0.29, 0.717) is 5.56 Å². The number of nitrogens with two attached hydrogens (primary N) is 1. The van der Waals surface area contributed by atoms with Crippen molar-refractivity contribution in [3.8, 4) is 5.75 Å². The second kappa shape index (κ2) is 8.02. The Balaban J connectivity index is 2.12. The Bertz CT molecular complexity index is 921. The fourth-order valence-electron chi connectivity index (χ4n) is 2.72. The zero-order valence-corrected chi connectivity index (χ0v) is 14.5. The number of rotatable bonds is 6. The minimum Gasteiger partial charge on any atom is -0.464 e. The van der Waals surface area contributed by atoms with E-state index in [2.05, 4.69) is 4.98 Å². The van der Waals surface area contributed by atoms with Gasteiger partial charge in [-0.1, -0.05) is 6.07 Å². The highest BCUT2D eigenvalue weighted by molar-refractivity contribution is 5.92. The molecule has 0 bridgehead atoms. The third kappa shape index (κ3) is 3.55. The van der Waals surface area contributed by atoms with Crippen molar-refractivity contribution in [3.05, 3.63) is 69.4 Å². The van der Waals surface area contributed by atoms with E-state index in [1.165, 1.54) is 13.3 Å². The van der Waals surface area contributed by atoms with Gasteiger partial charge in [0.15, 0.2) is 5.76 Å². The van der Waals surface area contributed by atoms with Gasteiger partial charge in [-0.15, -0.1) is 0 Å². The van der Waals surface area contributed by atoms with Crippen LogP contribution in [0, 0.1) is 0 Å². The topological polar surface area (TPSA) is 134 Å². The van der Waals surface area contributed by atoms with Gasteiger partial charge >= 0.3 is 5.97 Å². The molecule has 0 aliphatic carbocycles. The van der Waals surface area contributed by atoms with E-state index in [-0.39, 0.29) is 41.7 Å². The molecule has 0 spiro atoms. The monoisotopic (exact) mass is 374 g/mol. The van der Waals surface area contributed by atoms with Gasteiger partial charge in [0.2, 0.25) is 17.1 Å². The fourth-order valence-corrected chi connectivity index (χ4v) is 2.72. The number of fused-ring (bicyclic) bond motifs is 1. The summed E-state index contributed by atoms with van der Waals surface area (Å²) in [6, 6.07) is 3.39. The Morgan fingerprint density at radius 1 is 1.41 bits per heavy atom. The van der Waals surface area contributed by atoms with E-state index >= 15 is 0 Å². The predicted octanol–water partition coefficient (Wildman–Crippen LogP) is 0.411. The Kier molecular flexibility index (Phi) is 5.53. The highest BCUT2D eigenvalue weighted by atomic mass is 16.6. The molecule has 3 rings (SSSR count). The number of carbonyl (C=O) groups excluding carboxylic acids is 1. The molecule has 1 aliphatic heterocycles. The number of nitrogens with zero attached hydrogens (tertiary/aromatic N) is 1. The molecule has 2 aromatic rings. The minimum atomic E-state index is -0.849. The molecule has 0 radical (unpaired) electrons. The van der Waals surface area contributed by atoms with Crippen LogP contribution in [0.15, 0.2) is 51.5 Å². The molecule has 3 heterocycles. The van der Waals surface area contributed by atoms with Gasteiger partial charge in [0.25, 0.3) is 0 Å². The first-order valence-corrected chi connectivity index (χ1v) is 8.07. The number of hydrogen-bond acceptors (Lipinski definition) is 9. The number of methoxy groups -OCH3 is 1. The second-order valence-electron chi connectivity index (χ2n) is 5.67. The molecule has 0 fully saturated rings. The van der Waals surface area contributed by atoms with Crippen LogP contribution in [0.25, 0.3) is 0 Å². The molecule has 9 heteroatoms. The number of aliphatic hydroxyl groups excluding tert-OH is 1. The molecule has 3 N–H and O–H groups in total. The summed E-state index contributed by atoms with van der Waals surface area (Å²) in [4.78, 5) is 29.1. The normalized spacial score (nSPS) is 15.9. The van der Waals surface area contributed by atoms with Crippen molar-refractivity contribution < 1.29 is 28.5 Å². The second-order valence-corrected chi connectivity index (χ2v) is 5.67. The van der Waals surface area contributed by atoms with Crippen molar-refractivity contribution in [2.75, 3.05) is 20.3 Å². The van der Waals surface area contributed by atoms with Crippen LogP contribution in [0.1, 0.15) is 22.8 Å². The van der Waals surface area contributed by atoms with Gasteiger partial charge < -0.3 is 29.5 Å². The van der Waals surface area contributed by atoms with Gasteiger partial charge in [0.05, 0.1) is 24.7 Å². The van der Waals surface area contributed by atoms with Crippen LogP contribution in [-0.4, -0.2) is 36.4 Å². The largest absolute Gasteiger partial charge is 0.464 e. The smallest absolute Gasteiger partial charge is 0.340 e. The molecule has 1 aliphatic rings. The van der Waals surface area contributed by atoms with E-state index in [4.69, 9.17) is 24.4 Å². The molecule has 9 nitrogen and oxygen atoms in total. The first-order valence-electron chi connectivity index (χ1n) is 8.07. The first-order chi connectivity index (χ1) is 13.1. The van der Waals surface area contributed by atoms with Gasteiger partial charge in [-0.3, -0.25) is 9.78 Å². The van der Waals surface area contributed by atoms with Crippen LogP contribution in [0.2, 0.25) is 0 Å². The van der Waals surface area contributed by atoms with E-state index in [1.807, 2.05) is 0 Å². The van der Waals surface area contributed by atoms with Crippen LogP contribution in [0.4, 0.5) is 0 Å². The molecule has 142 valence electrons. The number of aromatic nitrogens is 1. The maximum Gasteiger partial charge on any atom is 0.340 e. The summed E-state index contributed by atoms with van der Waals surface area (Å²) in [5.41, 5.74) is 5.94. The third-order valence-electron chi connectivity index (χ3n) is 4.01. The minimum absolute atomic E-state index is 0.00787. The maximum absolute atomic E-state index is 12.6. The van der Waals surface area contributed by atoms with Gasteiger partial charge in [-0.05, 0) is 11.6 Å². The molecule has 1 atom stereocenters. The lowest BCUT2D eigenvalue weighted by molar-refractivity contribution is -0.140. The number of ether oxygens (including phenoxy) is 3. The van der Waals surface area contributed by atoms with Crippen LogP contribution in [0.3, 0.4) is 0 Å². The van der Waals surface area contributed by atoms with Crippen molar-refractivity contribution in [2.24, 2.45) is 5.73 Å². The molecular formula is C18H18N2O7. The number of aliphatic hydroxyl groups is 1. The summed E-state index contributed by atoms with van der Waals surface area (Å²) in [5, 5.41) is 9.27. The summed E-state index contributed by atoms with van der Waals surface area (Å²) < 4.78 is 21.0. The Morgan fingerprint density at radius 2 is 2.22 bits per heavy atom. The van der Waals surface area contributed by atoms with E-state index in [1.54, 1.807) is 18.3 Å². The van der Waals surface area contributed by atoms with Crippen molar-refractivity contribution in [1.82, 2.24) is 4.98 Å². The van der Waals surface area contributed by atoms with Crippen molar-refractivity contribution in [1.29, 1.82) is 0 Å². The standard InChI is InChI=1S/C18H18N2O7/c1-24-5-6-25-18(23)13-12(10-3-2-4-20-7-10)15-16(27-17(13)19)14(22)11(8-21)9-26-15/h2-4,7,9,12,21H,5-6,8,19H2,1H3. The summed E-state index contributed by atoms with van der Waals surface area (Å²) in [5.74, 6) is -1.95. The fraction of sp³-hybridized carbons (Fsp3) is 0.278. The molecule has 0 amide bonds. The quantitative estimate of drug-likeness (QED) is 0.544. The van der Waals surface area contributed by atoms with Crippen molar-refractivity contribution >= 4 is 5.97 Å². The summed E-state index contributed by atoms with van der Waals surface area (Å²) in [6.45, 7) is -0.291. The lowest BCUT2D eigenvalue weighted by atomic mass is 9.87. The maximum atomic E-state index is 12.6. The van der Waals surface area contributed by atoms with E-state index in [0.717, 1.165) is 6.26 Å². The highest BCUT2D eigenvalue weighted by Crippen LogP contribution is 2.41. The van der Waals surface area contributed by atoms with Gasteiger partial charge in [-0.2, -0.15) is 0 Å². The molecule has 2 aromatic heterocycles. The van der Waals surface area contributed by atoms with Crippen LogP contribution in [0.5, 0.6) is 5.75 Å². The SMILES string of the molecule is COCCOC(=O)C1=C(N)Oc2c(occ(CO)c2=O)C1c1cccnc1. The highest BCUT2D eigenvalue weighted by Gasteiger charge is 2.39. The zero-order valence-electron chi connectivity index (χ0n) is 14.5. The summed E-state index contributed by atoms with van der Waals surface area (Å²) >= 11 is 0. The van der Waals surface area contributed by atoms with Crippen molar-refractivity contribution in [3.63, 3.8) is 0 Å². The van der Waals surface area contributed by atoms with Gasteiger partial charge in [0, 0.05) is 19.5 Å². The predicted molar refractivity (Wildman–Crippen MR) is 91.7 cm³/mol. The average Bonchev–Trinajstić information content (AvgIpc) is 2.68. The first kappa shape index (κ1) is 18.6. The molecule has 27 heavy (non-hydrogen) atoms. The molecule has 0 aromatic carbocycles. The van der Waals surface area contributed by atoms with Crippen LogP contribution < -0.4 is 15.9 Å². The number of carbonyl (C=O) groups is 1. The number of pyridine rings is 1. The number of esters is 1. The third-order valence-corrected chi connectivity index (χ3v) is 4.01. The lowest BCUT2D eigenvalue weighted by Crippen LogP contribution is -2.31. The summed E-state index contributed by atoms with van der Waals surface area (Å²) in [6.07, 6.45) is 4.22. The average molecular weight is 374 g/mol. The molecule has 1 unspecified atom stereocenters. The van der Waals surface area contributed by atoms with Crippen LogP contribution >= 0.6 is 0 Å². The zero-order chi connectivity index (χ0) is 19.4. The van der Waals surface area contributed by atoms with E-state index in [9.17, 15) is 14.7 Å². The lowest BCUT2D eigenvalue weighted by Gasteiger charge is -2.26. The van der Waals surface area contributed by atoms with Gasteiger partial charge in [0.1, 0.15) is 18.4 Å². The van der Waals surface area contributed by atoms with Crippen molar-refractivity contribution in [2.45, 2.75) is 12.5 Å². The Morgan fingerprint density at radius 3 is 2.89 bits per heavy atom. The van der Waals surface area contributed by atoms with Crippen LogP contribution in [-0.2, 0) is 20.9 Å². The molecular weight excluding hydrogens is 356 g/mol.